The zero-order valence-electron chi connectivity index (χ0n) is 20.9. The first-order valence-electron chi connectivity index (χ1n) is 11.9. The largest absolute Gasteiger partial charge is 0.490 e. The summed E-state index contributed by atoms with van der Waals surface area (Å²) in [7, 11) is 0. The number of hydrogen-bond donors (Lipinski definition) is 3. The number of carboxylic acid groups (broad SMARTS) is 2. The van der Waals surface area contributed by atoms with Crippen molar-refractivity contribution in [2.24, 2.45) is 0 Å². The maximum absolute atomic E-state index is 10.6. The van der Waals surface area contributed by atoms with Crippen LogP contribution in [0.4, 0.5) is 26.3 Å². The molecular weight excluding hydrogens is 566 g/mol. The fourth-order valence-corrected chi connectivity index (χ4v) is 5.17. The van der Waals surface area contributed by atoms with Crippen LogP contribution >= 0.6 is 11.3 Å². The number of carboxylic acids is 2. The molecule has 0 radical (unpaired) electrons. The van der Waals surface area contributed by atoms with E-state index in [9.17, 15) is 26.3 Å². The number of likely N-dealkylation sites (tertiary alicyclic amines) is 1. The molecule has 2 aliphatic heterocycles. The molecule has 1 saturated heterocycles. The molecule has 3 aromatic rings. The van der Waals surface area contributed by atoms with Crippen molar-refractivity contribution in [2.45, 2.75) is 43.8 Å². The number of aromatic nitrogens is 2. The summed E-state index contributed by atoms with van der Waals surface area (Å²) in [6.45, 7) is 5.35. The number of benzene rings is 1. The van der Waals surface area contributed by atoms with Gasteiger partial charge in [0.25, 0.3) is 0 Å². The van der Waals surface area contributed by atoms with Crippen molar-refractivity contribution < 1.29 is 46.1 Å². The second kappa shape index (κ2) is 12.8. The number of imidazole rings is 1. The van der Waals surface area contributed by atoms with E-state index in [1.54, 1.807) is 0 Å². The van der Waals surface area contributed by atoms with E-state index in [4.69, 9.17) is 24.8 Å². The Bertz CT molecular complexity index is 1230. The van der Waals surface area contributed by atoms with E-state index in [1.165, 1.54) is 22.0 Å². The van der Waals surface area contributed by atoms with Crippen molar-refractivity contribution in [1.29, 1.82) is 0 Å². The van der Waals surface area contributed by atoms with Crippen molar-refractivity contribution in [3.05, 3.63) is 64.7 Å². The Morgan fingerprint density at radius 2 is 1.50 bits per heavy atom. The molecular formula is C25H26F6N4O4S. The van der Waals surface area contributed by atoms with Gasteiger partial charge in [-0.05, 0) is 29.9 Å². The quantitative estimate of drug-likeness (QED) is 0.369. The maximum Gasteiger partial charge on any atom is 0.490 e. The normalized spacial score (nSPS) is 16.6. The zero-order chi connectivity index (χ0) is 29.6. The molecule has 0 unspecified atom stereocenters. The number of carbonyl (C=O) groups is 2. The van der Waals surface area contributed by atoms with Gasteiger partial charge in [-0.15, -0.1) is 11.3 Å². The molecule has 1 fully saturated rings. The van der Waals surface area contributed by atoms with Gasteiger partial charge in [0.15, 0.2) is 0 Å². The molecule has 0 atom stereocenters. The van der Waals surface area contributed by atoms with Gasteiger partial charge in [0.2, 0.25) is 0 Å². The van der Waals surface area contributed by atoms with Gasteiger partial charge in [-0.25, -0.2) is 14.6 Å². The third-order valence-corrected chi connectivity index (χ3v) is 7.17. The van der Waals surface area contributed by atoms with E-state index in [0.29, 0.717) is 0 Å². The summed E-state index contributed by atoms with van der Waals surface area (Å²) in [6.07, 6.45) is -5.84. The van der Waals surface area contributed by atoms with Crippen LogP contribution in [0.2, 0.25) is 0 Å². The first-order valence-corrected chi connectivity index (χ1v) is 12.8. The van der Waals surface area contributed by atoms with Crippen molar-refractivity contribution in [2.75, 3.05) is 19.6 Å². The number of nitrogens with zero attached hydrogens (tertiary/aromatic N) is 3. The predicted molar refractivity (Wildman–Crippen MR) is 134 cm³/mol. The minimum Gasteiger partial charge on any atom is -0.475 e. The van der Waals surface area contributed by atoms with Gasteiger partial charge in [-0.2, -0.15) is 26.3 Å². The van der Waals surface area contributed by atoms with Crippen molar-refractivity contribution in [3.8, 4) is 11.3 Å². The molecule has 2 aliphatic rings. The number of rotatable bonds is 3. The Kier molecular flexibility index (Phi) is 9.97. The summed E-state index contributed by atoms with van der Waals surface area (Å²) in [6, 6.07) is 15.0. The lowest BCUT2D eigenvalue weighted by Crippen LogP contribution is -2.55. The van der Waals surface area contributed by atoms with Gasteiger partial charge in [-0.1, -0.05) is 36.4 Å². The summed E-state index contributed by atoms with van der Waals surface area (Å²) in [4.78, 5) is 26.7. The zero-order valence-corrected chi connectivity index (χ0v) is 21.7. The molecule has 1 aromatic carbocycles. The highest BCUT2D eigenvalue weighted by Crippen LogP contribution is 2.37. The lowest BCUT2D eigenvalue weighted by molar-refractivity contribution is -0.193. The van der Waals surface area contributed by atoms with Gasteiger partial charge in [0.05, 0.1) is 17.4 Å². The average molecular weight is 593 g/mol. The molecule has 4 heterocycles. The molecule has 1 spiro atoms. The van der Waals surface area contributed by atoms with Gasteiger partial charge in [-0.3, -0.25) is 4.90 Å². The Labute approximate surface area is 228 Å². The highest BCUT2D eigenvalue weighted by atomic mass is 32.1. The second-order valence-electron chi connectivity index (χ2n) is 8.95. The number of aliphatic carboxylic acids is 2. The number of fused-ring (bicyclic) bond motifs is 2. The van der Waals surface area contributed by atoms with E-state index in [1.807, 2.05) is 11.3 Å². The Morgan fingerprint density at radius 1 is 0.925 bits per heavy atom. The molecule has 40 heavy (non-hydrogen) atoms. The van der Waals surface area contributed by atoms with Crippen LogP contribution in [0.1, 0.15) is 23.5 Å². The van der Waals surface area contributed by atoms with Crippen LogP contribution in [-0.2, 0) is 28.2 Å². The SMILES string of the molecule is O=C(O)C(F)(F)F.O=C(O)C(F)(F)F.c1ccc(-c2cnc3n2CCNC32CCN(Cc3cccs3)CC2)cc1. The van der Waals surface area contributed by atoms with Crippen molar-refractivity contribution in [1.82, 2.24) is 19.8 Å². The lowest BCUT2D eigenvalue weighted by atomic mass is 9.85. The molecule has 0 bridgehead atoms. The second-order valence-corrected chi connectivity index (χ2v) is 9.99. The van der Waals surface area contributed by atoms with Crippen molar-refractivity contribution in [3.63, 3.8) is 0 Å². The highest BCUT2D eigenvalue weighted by Gasteiger charge is 2.42. The van der Waals surface area contributed by atoms with Gasteiger partial charge in [0, 0.05) is 37.6 Å². The van der Waals surface area contributed by atoms with E-state index < -0.39 is 24.3 Å². The molecule has 0 aliphatic carbocycles. The fraction of sp³-hybridized carbons (Fsp3) is 0.400. The number of nitrogens with one attached hydrogen (secondary N) is 1. The van der Waals surface area contributed by atoms with Crippen LogP contribution < -0.4 is 5.32 Å². The summed E-state index contributed by atoms with van der Waals surface area (Å²) in [5, 5.41) is 20.2. The molecule has 3 N–H and O–H groups in total. The number of thiophene rings is 1. The summed E-state index contributed by atoms with van der Waals surface area (Å²) >= 11 is 1.86. The summed E-state index contributed by atoms with van der Waals surface area (Å²) < 4.78 is 65.9. The van der Waals surface area contributed by atoms with Gasteiger partial charge < -0.3 is 20.1 Å². The average Bonchev–Trinajstić information content (AvgIpc) is 3.57. The first kappa shape index (κ1) is 31.1. The van der Waals surface area contributed by atoms with E-state index in [0.717, 1.165) is 45.6 Å². The third kappa shape index (κ3) is 8.05. The maximum atomic E-state index is 10.6. The van der Waals surface area contributed by atoms with Crippen LogP contribution in [0.5, 0.6) is 0 Å². The van der Waals surface area contributed by atoms with Crippen molar-refractivity contribution >= 4 is 23.3 Å². The first-order chi connectivity index (χ1) is 18.7. The number of halogens is 6. The number of alkyl halides is 6. The van der Waals surface area contributed by atoms with Gasteiger partial charge >= 0.3 is 24.3 Å². The Morgan fingerprint density at radius 3 is 2.00 bits per heavy atom. The van der Waals surface area contributed by atoms with E-state index in [2.05, 4.69) is 68.8 Å². The Balaban J connectivity index is 0.000000263. The molecule has 15 heteroatoms. The topological polar surface area (TPSA) is 108 Å². The predicted octanol–water partition coefficient (Wildman–Crippen LogP) is 4.97. The minimum atomic E-state index is -5.08. The van der Waals surface area contributed by atoms with Crippen LogP contribution in [0, 0.1) is 0 Å². The third-order valence-electron chi connectivity index (χ3n) is 6.31. The monoisotopic (exact) mass is 592 g/mol. The van der Waals surface area contributed by atoms with Gasteiger partial charge in [0.1, 0.15) is 5.82 Å². The van der Waals surface area contributed by atoms with Crippen LogP contribution in [-0.4, -0.2) is 68.6 Å². The lowest BCUT2D eigenvalue weighted by Gasteiger charge is -2.44. The minimum absolute atomic E-state index is 0.0389. The molecule has 8 nitrogen and oxygen atoms in total. The summed E-state index contributed by atoms with van der Waals surface area (Å²) in [5.41, 5.74) is 2.55. The molecule has 5 rings (SSSR count). The summed E-state index contributed by atoms with van der Waals surface area (Å²) in [5.74, 6) is -4.28. The number of hydrogen-bond acceptors (Lipinski definition) is 6. The molecule has 0 amide bonds. The smallest absolute Gasteiger partial charge is 0.475 e. The molecule has 218 valence electrons. The standard InChI is InChI=1S/C21H24N4S.2C2HF3O2/c1-2-5-17(6-3-1)19-15-22-20-21(23-10-13-25(19)20)8-11-24(12-9-21)16-18-7-4-14-26-18;2*3-2(4,5)1(6)7/h1-7,14-15,23H,8-13,16H2;2*(H,6,7). The highest BCUT2D eigenvalue weighted by molar-refractivity contribution is 7.09. The van der Waals surface area contributed by atoms with Crippen LogP contribution in [0.15, 0.2) is 54.0 Å². The molecule has 2 aromatic heterocycles. The van der Waals surface area contributed by atoms with Crippen LogP contribution in [0.25, 0.3) is 11.3 Å². The van der Waals surface area contributed by atoms with E-state index >= 15 is 0 Å². The number of piperidine rings is 1. The fourth-order valence-electron chi connectivity index (χ4n) is 4.43. The Hall–Kier alpha value is -3.43. The van der Waals surface area contributed by atoms with Crippen LogP contribution in [0.3, 0.4) is 0 Å². The molecule has 0 saturated carbocycles. The van der Waals surface area contributed by atoms with E-state index in [-0.39, 0.29) is 5.54 Å².